The maximum Gasteiger partial charge on any atom is 0.275 e. The third kappa shape index (κ3) is 3.62. The molecule has 1 amide bonds. The van der Waals surface area contributed by atoms with Crippen LogP contribution in [0.3, 0.4) is 0 Å². The van der Waals surface area contributed by atoms with Gasteiger partial charge in [-0.1, -0.05) is 25.0 Å². The Bertz CT molecular complexity index is 1130. The summed E-state index contributed by atoms with van der Waals surface area (Å²) in [6.45, 7) is 0.973. The Morgan fingerprint density at radius 1 is 1.13 bits per heavy atom. The monoisotopic (exact) mass is 420 g/mol. The van der Waals surface area contributed by atoms with Crippen molar-refractivity contribution in [2.24, 2.45) is 0 Å². The van der Waals surface area contributed by atoms with E-state index in [4.69, 9.17) is 0 Å². The van der Waals surface area contributed by atoms with Gasteiger partial charge in [-0.15, -0.1) is 0 Å². The van der Waals surface area contributed by atoms with Gasteiger partial charge in [0.1, 0.15) is 0 Å². The van der Waals surface area contributed by atoms with Crippen LogP contribution in [-0.2, 0) is 18.5 Å². The van der Waals surface area contributed by atoms with E-state index >= 15 is 0 Å². The van der Waals surface area contributed by atoms with E-state index in [1.807, 2.05) is 0 Å². The van der Waals surface area contributed by atoms with E-state index < -0.39 is 17.1 Å². The lowest BCUT2D eigenvalue weighted by Gasteiger charge is -2.34. The third-order valence-corrected chi connectivity index (χ3v) is 6.85. The van der Waals surface area contributed by atoms with Crippen LogP contribution in [0.2, 0.25) is 0 Å². The molecule has 7 nitrogen and oxygen atoms in total. The van der Waals surface area contributed by atoms with Gasteiger partial charge in [-0.3, -0.25) is 14.3 Å². The fourth-order valence-corrected chi connectivity index (χ4v) is 5.30. The summed E-state index contributed by atoms with van der Waals surface area (Å²) in [4.78, 5) is 25.0. The molecule has 1 fully saturated rings. The average molecular weight is 421 g/mol. The van der Waals surface area contributed by atoms with E-state index in [0.717, 1.165) is 51.4 Å². The third-order valence-electron chi connectivity index (χ3n) is 6.85. The number of aromatic nitrogens is 3. The van der Waals surface area contributed by atoms with Gasteiger partial charge < -0.3 is 15.0 Å². The second kappa shape index (κ2) is 7.87. The van der Waals surface area contributed by atoms with Crippen LogP contribution >= 0.6 is 0 Å². The minimum atomic E-state index is -0.716. The molecular weight excluding hydrogens is 392 g/mol. The molecule has 1 saturated carbocycles. The molecule has 162 valence electrons. The summed E-state index contributed by atoms with van der Waals surface area (Å²) in [7, 11) is 0. The van der Waals surface area contributed by atoms with Crippen molar-refractivity contribution in [1.29, 1.82) is 0 Å². The fourth-order valence-electron chi connectivity index (χ4n) is 5.30. The summed E-state index contributed by atoms with van der Waals surface area (Å²) in [6.07, 6.45) is 18.1. The quantitative estimate of drug-likeness (QED) is 0.685. The van der Waals surface area contributed by atoms with Crippen LogP contribution < -0.4 is 10.7 Å². The first-order valence-electron chi connectivity index (χ1n) is 11.2. The molecule has 0 radical (unpaired) electrons. The van der Waals surface area contributed by atoms with Crippen LogP contribution in [0.15, 0.2) is 41.0 Å². The molecule has 7 heteroatoms. The first kappa shape index (κ1) is 19.8. The Hall–Kier alpha value is -3.09. The smallest absolute Gasteiger partial charge is 0.275 e. The van der Waals surface area contributed by atoms with Crippen molar-refractivity contribution < 1.29 is 9.90 Å². The molecule has 2 aromatic rings. The van der Waals surface area contributed by atoms with Gasteiger partial charge >= 0.3 is 0 Å². The molecule has 0 aromatic carbocycles. The van der Waals surface area contributed by atoms with Crippen molar-refractivity contribution in [3.63, 3.8) is 0 Å². The Labute approximate surface area is 181 Å². The highest BCUT2D eigenvalue weighted by molar-refractivity contribution is 5.92. The zero-order chi connectivity index (χ0) is 21.4. The summed E-state index contributed by atoms with van der Waals surface area (Å²) in [5.74, 6) is -0.956. The number of fused-ring (bicyclic) bond motifs is 3. The van der Waals surface area contributed by atoms with Gasteiger partial charge in [0.2, 0.25) is 0 Å². The predicted octanol–water partition coefficient (Wildman–Crippen LogP) is 3.13. The number of carbonyl (C=O) groups is 1. The summed E-state index contributed by atoms with van der Waals surface area (Å²) in [5.41, 5.74) is 2.72. The van der Waals surface area contributed by atoms with Crippen LogP contribution in [0.1, 0.15) is 66.7 Å². The van der Waals surface area contributed by atoms with Gasteiger partial charge in [0.25, 0.3) is 11.3 Å². The molecule has 1 spiro atoms. The van der Waals surface area contributed by atoms with E-state index in [-0.39, 0.29) is 11.2 Å². The minimum Gasteiger partial charge on any atom is -0.503 e. The van der Waals surface area contributed by atoms with Gasteiger partial charge in [0.05, 0.1) is 18.3 Å². The summed E-state index contributed by atoms with van der Waals surface area (Å²) >= 11 is 0. The number of aromatic hydroxyl groups is 1. The summed E-state index contributed by atoms with van der Waals surface area (Å²) in [6, 6.07) is 2.20. The number of nitrogens with zero attached hydrogens (tertiary/aromatic N) is 3. The molecule has 3 aliphatic rings. The lowest BCUT2D eigenvalue weighted by Crippen LogP contribution is -2.38. The Morgan fingerprint density at radius 3 is 2.81 bits per heavy atom. The van der Waals surface area contributed by atoms with E-state index in [0.29, 0.717) is 13.1 Å². The highest BCUT2D eigenvalue weighted by Gasteiger charge is 2.38. The first-order chi connectivity index (χ1) is 15.1. The molecule has 2 N–H and O–H groups in total. The van der Waals surface area contributed by atoms with Gasteiger partial charge in [-0.25, -0.2) is 0 Å². The summed E-state index contributed by atoms with van der Waals surface area (Å²) in [5, 5.41) is 17.4. The van der Waals surface area contributed by atoms with Crippen LogP contribution in [0, 0.1) is 0 Å². The number of rotatable bonds is 0. The minimum absolute atomic E-state index is 0.195. The Morgan fingerprint density at radius 2 is 1.97 bits per heavy atom. The molecule has 31 heavy (non-hydrogen) atoms. The maximum absolute atomic E-state index is 12.6. The molecule has 2 aromatic heterocycles. The van der Waals surface area contributed by atoms with Crippen LogP contribution in [0.25, 0.3) is 6.08 Å². The van der Waals surface area contributed by atoms with Gasteiger partial charge in [0.15, 0.2) is 11.4 Å². The second-order valence-electron chi connectivity index (χ2n) is 8.95. The molecule has 1 aliphatic heterocycles. The molecule has 0 saturated heterocycles. The highest BCUT2D eigenvalue weighted by atomic mass is 16.3. The van der Waals surface area contributed by atoms with Gasteiger partial charge in [0, 0.05) is 24.9 Å². The van der Waals surface area contributed by atoms with Crippen molar-refractivity contribution in [1.82, 2.24) is 19.7 Å². The molecule has 0 atom stereocenters. The van der Waals surface area contributed by atoms with Crippen LogP contribution in [0.5, 0.6) is 5.75 Å². The van der Waals surface area contributed by atoms with Crippen molar-refractivity contribution in [2.75, 3.05) is 6.54 Å². The van der Waals surface area contributed by atoms with Crippen molar-refractivity contribution in [3.05, 3.63) is 63.4 Å². The zero-order valence-corrected chi connectivity index (χ0v) is 17.6. The van der Waals surface area contributed by atoms with E-state index in [1.54, 1.807) is 4.68 Å². The number of hydrogen-bond donors (Lipinski definition) is 2. The van der Waals surface area contributed by atoms with Gasteiger partial charge in [-0.2, -0.15) is 5.10 Å². The SMILES string of the molecule is O=C1NCCCCC2=Cc3ccn(c3CC=C2)C2(CCCC2)Cn2cc(O)c(=O)c1n2. The van der Waals surface area contributed by atoms with E-state index in [2.05, 4.69) is 45.5 Å². The topological polar surface area (TPSA) is 89.1 Å². The number of carbonyl (C=O) groups excluding carboxylic acids is 1. The van der Waals surface area contributed by atoms with Crippen molar-refractivity contribution >= 4 is 12.0 Å². The largest absolute Gasteiger partial charge is 0.503 e. The molecule has 3 heterocycles. The molecule has 0 unspecified atom stereocenters. The number of nitrogens with one attached hydrogen (secondary N) is 1. The normalized spacial score (nSPS) is 20.5. The first-order valence-corrected chi connectivity index (χ1v) is 11.2. The number of allylic oxidation sites excluding steroid dienone is 3. The molecule has 5 rings (SSSR count). The van der Waals surface area contributed by atoms with Gasteiger partial charge in [-0.05, 0) is 55.4 Å². The van der Waals surface area contributed by atoms with Crippen LogP contribution in [-0.4, -0.2) is 31.9 Å². The number of amides is 1. The number of hydrogen-bond acceptors (Lipinski definition) is 4. The summed E-state index contributed by atoms with van der Waals surface area (Å²) < 4.78 is 3.98. The average Bonchev–Trinajstić information content (AvgIpc) is 3.32. The van der Waals surface area contributed by atoms with Crippen molar-refractivity contribution in [2.45, 2.75) is 63.5 Å². The Balaban J connectivity index is 1.65. The molecular formula is C24H28N4O3. The predicted molar refractivity (Wildman–Crippen MR) is 118 cm³/mol. The second-order valence-corrected chi connectivity index (χ2v) is 8.95. The Kier molecular flexibility index (Phi) is 5.04. The molecule has 6 bridgehead atoms. The lowest BCUT2D eigenvalue weighted by molar-refractivity contribution is 0.0942. The highest BCUT2D eigenvalue weighted by Crippen LogP contribution is 2.41. The van der Waals surface area contributed by atoms with E-state index in [1.165, 1.54) is 23.0 Å². The fraction of sp³-hybridized carbons (Fsp3) is 0.458. The zero-order valence-electron chi connectivity index (χ0n) is 17.6. The molecule has 2 aliphatic carbocycles. The van der Waals surface area contributed by atoms with Crippen LogP contribution in [0.4, 0.5) is 0 Å². The van der Waals surface area contributed by atoms with Crippen molar-refractivity contribution in [3.8, 4) is 5.75 Å². The maximum atomic E-state index is 12.6. The standard InChI is InChI=1S/C24H28N4O3/c29-20-15-27-16-24(10-2-3-11-24)28-13-9-18-14-17(7-5-8-19(18)28)6-1-4-12-25-23(31)21(26-27)22(20)30/h5,7,9,13-15,29H,1-4,6,8,10-12,16H2,(H,25,31). The van der Waals surface area contributed by atoms with E-state index in [9.17, 15) is 14.7 Å². The lowest BCUT2D eigenvalue weighted by atomic mass is 9.96.